The van der Waals surface area contributed by atoms with Crippen molar-refractivity contribution in [2.24, 2.45) is 0 Å². The van der Waals surface area contributed by atoms with Gasteiger partial charge in [0.1, 0.15) is 17.6 Å². The van der Waals surface area contributed by atoms with Crippen molar-refractivity contribution in [3.63, 3.8) is 0 Å². The molecule has 1 aliphatic heterocycles. The summed E-state index contributed by atoms with van der Waals surface area (Å²) >= 11 is 0. The second-order valence-corrected chi connectivity index (χ2v) is 7.86. The number of halogens is 1. The lowest BCUT2D eigenvalue weighted by Crippen LogP contribution is -2.39. The SMILES string of the molecule is COc1ccc(CCN2C(=O)N(c3ccccc3)C(=O)C2CC(=O)Nc2ccc(F)cc2)cc1. The molecule has 3 aromatic rings. The molecular weight excluding hydrogens is 437 g/mol. The number of carbonyl (C=O) groups is 3. The molecule has 0 saturated carbocycles. The predicted molar refractivity (Wildman–Crippen MR) is 126 cm³/mol. The van der Waals surface area contributed by atoms with Gasteiger partial charge in [-0.05, 0) is 60.5 Å². The van der Waals surface area contributed by atoms with Crippen LogP contribution < -0.4 is 15.0 Å². The lowest BCUT2D eigenvalue weighted by atomic mass is 10.1. The van der Waals surface area contributed by atoms with Crippen LogP contribution in [0.1, 0.15) is 12.0 Å². The first-order valence-corrected chi connectivity index (χ1v) is 10.8. The monoisotopic (exact) mass is 461 g/mol. The van der Waals surface area contributed by atoms with E-state index in [4.69, 9.17) is 4.74 Å². The van der Waals surface area contributed by atoms with Crippen molar-refractivity contribution in [1.29, 1.82) is 0 Å². The van der Waals surface area contributed by atoms with Crippen LogP contribution >= 0.6 is 0 Å². The van der Waals surface area contributed by atoms with Gasteiger partial charge in [-0.3, -0.25) is 9.59 Å². The minimum absolute atomic E-state index is 0.214. The Morgan fingerprint density at radius 3 is 2.29 bits per heavy atom. The van der Waals surface area contributed by atoms with Crippen molar-refractivity contribution in [1.82, 2.24) is 4.90 Å². The number of imide groups is 1. The van der Waals surface area contributed by atoms with Crippen molar-refractivity contribution >= 4 is 29.2 Å². The third-order valence-electron chi connectivity index (χ3n) is 5.64. The lowest BCUT2D eigenvalue weighted by molar-refractivity contribution is -0.124. The summed E-state index contributed by atoms with van der Waals surface area (Å²) in [6, 6.07) is 20.0. The largest absolute Gasteiger partial charge is 0.497 e. The molecule has 0 bridgehead atoms. The molecule has 3 aromatic carbocycles. The average molecular weight is 461 g/mol. The zero-order chi connectivity index (χ0) is 24.1. The predicted octanol–water partition coefficient (Wildman–Crippen LogP) is 4.24. The zero-order valence-corrected chi connectivity index (χ0v) is 18.6. The van der Waals surface area contributed by atoms with Crippen LogP contribution in [0.3, 0.4) is 0 Å². The van der Waals surface area contributed by atoms with Gasteiger partial charge in [0.15, 0.2) is 0 Å². The molecule has 4 rings (SSSR count). The van der Waals surface area contributed by atoms with Crippen molar-refractivity contribution < 1.29 is 23.5 Å². The summed E-state index contributed by atoms with van der Waals surface area (Å²) in [6.07, 6.45) is 0.287. The van der Waals surface area contributed by atoms with Gasteiger partial charge in [0.25, 0.3) is 5.91 Å². The Bertz CT molecular complexity index is 1170. The van der Waals surface area contributed by atoms with E-state index in [9.17, 15) is 18.8 Å². The number of carbonyl (C=O) groups excluding carboxylic acids is 3. The summed E-state index contributed by atoms with van der Waals surface area (Å²) in [5.74, 6) is -0.596. The highest BCUT2D eigenvalue weighted by molar-refractivity contribution is 6.22. The van der Waals surface area contributed by atoms with E-state index < -0.39 is 29.7 Å². The van der Waals surface area contributed by atoms with Gasteiger partial charge in [-0.15, -0.1) is 0 Å². The summed E-state index contributed by atoms with van der Waals surface area (Å²) < 4.78 is 18.3. The number of amides is 4. The summed E-state index contributed by atoms with van der Waals surface area (Å²) in [5.41, 5.74) is 1.83. The molecule has 8 heteroatoms. The van der Waals surface area contributed by atoms with E-state index in [1.807, 2.05) is 24.3 Å². The highest BCUT2D eigenvalue weighted by Crippen LogP contribution is 2.27. The molecule has 7 nitrogen and oxygen atoms in total. The van der Waals surface area contributed by atoms with Gasteiger partial charge < -0.3 is 15.0 Å². The number of urea groups is 1. The van der Waals surface area contributed by atoms with Crippen LogP contribution in [0.5, 0.6) is 5.75 Å². The van der Waals surface area contributed by atoms with Crippen molar-refractivity contribution in [3.05, 3.63) is 90.2 Å². The maximum absolute atomic E-state index is 13.3. The Kier molecular flexibility index (Phi) is 6.87. The van der Waals surface area contributed by atoms with E-state index in [0.29, 0.717) is 17.8 Å². The second-order valence-electron chi connectivity index (χ2n) is 7.86. The van der Waals surface area contributed by atoms with E-state index in [1.165, 1.54) is 29.2 Å². The van der Waals surface area contributed by atoms with Gasteiger partial charge in [-0.25, -0.2) is 14.1 Å². The van der Waals surface area contributed by atoms with Gasteiger partial charge in [-0.1, -0.05) is 30.3 Å². The minimum atomic E-state index is -0.952. The fraction of sp³-hybridized carbons (Fsp3) is 0.192. The van der Waals surface area contributed by atoms with Crippen LogP contribution in [0.25, 0.3) is 0 Å². The number of anilines is 2. The smallest absolute Gasteiger partial charge is 0.332 e. The number of ether oxygens (including phenoxy) is 1. The molecule has 4 amide bonds. The molecular formula is C26H24FN3O4. The molecule has 174 valence electrons. The Labute approximate surface area is 196 Å². The Morgan fingerprint density at radius 1 is 0.971 bits per heavy atom. The van der Waals surface area contributed by atoms with E-state index >= 15 is 0 Å². The molecule has 1 atom stereocenters. The number of hydrogen-bond donors (Lipinski definition) is 1. The van der Waals surface area contributed by atoms with Crippen molar-refractivity contribution in [2.45, 2.75) is 18.9 Å². The first-order valence-electron chi connectivity index (χ1n) is 10.8. The Balaban J connectivity index is 1.53. The quantitative estimate of drug-likeness (QED) is 0.509. The molecule has 0 radical (unpaired) electrons. The number of nitrogens with one attached hydrogen (secondary N) is 1. The normalized spacial score (nSPS) is 15.5. The maximum Gasteiger partial charge on any atom is 0.332 e. The molecule has 1 N–H and O–H groups in total. The highest BCUT2D eigenvalue weighted by Gasteiger charge is 2.46. The summed E-state index contributed by atoms with van der Waals surface area (Å²) in [6.45, 7) is 0.259. The maximum atomic E-state index is 13.3. The van der Waals surface area contributed by atoms with E-state index in [0.717, 1.165) is 16.2 Å². The van der Waals surface area contributed by atoms with Crippen LogP contribution in [0.4, 0.5) is 20.6 Å². The summed E-state index contributed by atoms with van der Waals surface area (Å²) in [5, 5.41) is 2.66. The Hall–Kier alpha value is -4.20. The number of hydrogen-bond acceptors (Lipinski definition) is 4. The van der Waals surface area contributed by atoms with Crippen LogP contribution in [0.2, 0.25) is 0 Å². The van der Waals surface area contributed by atoms with Gasteiger partial charge in [0.05, 0.1) is 19.2 Å². The molecule has 1 heterocycles. The first kappa shape index (κ1) is 23.0. The minimum Gasteiger partial charge on any atom is -0.497 e. The van der Waals surface area contributed by atoms with Gasteiger partial charge in [0, 0.05) is 12.2 Å². The number of nitrogens with zero attached hydrogens (tertiary/aromatic N) is 2. The summed E-state index contributed by atoms with van der Waals surface area (Å²) in [7, 11) is 1.59. The molecule has 1 fully saturated rings. The fourth-order valence-electron chi connectivity index (χ4n) is 3.86. The molecule has 0 spiro atoms. The third kappa shape index (κ3) is 5.06. The molecule has 0 aromatic heterocycles. The van der Waals surface area contributed by atoms with Crippen molar-refractivity contribution in [3.8, 4) is 5.75 Å². The second kappa shape index (κ2) is 10.2. The zero-order valence-electron chi connectivity index (χ0n) is 18.6. The van der Waals surface area contributed by atoms with Crippen LogP contribution in [-0.2, 0) is 16.0 Å². The molecule has 0 aliphatic carbocycles. The standard InChI is InChI=1S/C26H24FN3O4/c1-34-22-13-7-18(8-14-22)15-16-29-23(17-24(31)28-20-11-9-19(27)10-12-20)25(32)30(26(29)33)21-5-3-2-4-6-21/h2-14,23H,15-17H2,1H3,(H,28,31). The molecule has 1 unspecified atom stereocenters. The van der Waals surface area contributed by atoms with E-state index in [2.05, 4.69) is 5.32 Å². The fourth-order valence-corrected chi connectivity index (χ4v) is 3.86. The average Bonchev–Trinajstić information content (AvgIpc) is 3.08. The van der Waals surface area contributed by atoms with Crippen LogP contribution in [0.15, 0.2) is 78.9 Å². The molecule has 1 aliphatic rings. The van der Waals surface area contributed by atoms with Crippen LogP contribution in [0, 0.1) is 5.82 Å². The topological polar surface area (TPSA) is 79.0 Å². The number of para-hydroxylation sites is 1. The number of benzene rings is 3. The van der Waals surface area contributed by atoms with Gasteiger partial charge in [0.2, 0.25) is 5.91 Å². The van der Waals surface area contributed by atoms with Crippen molar-refractivity contribution in [2.75, 3.05) is 23.9 Å². The first-order chi connectivity index (χ1) is 16.5. The number of methoxy groups -OCH3 is 1. The number of rotatable bonds is 8. The van der Waals surface area contributed by atoms with Gasteiger partial charge in [-0.2, -0.15) is 0 Å². The molecule has 34 heavy (non-hydrogen) atoms. The van der Waals surface area contributed by atoms with E-state index in [-0.39, 0.29) is 13.0 Å². The lowest BCUT2D eigenvalue weighted by Gasteiger charge is -2.21. The van der Waals surface area contributed by atoms with Gasteiger partial charge >= 0.3 is 6.03 Å². The summed E-state index contributed by atoms with van der Waals surface area (Å²) in [4.78, 5) is 41.8. The molecule has 1 saturated heterocycles. The third-order valence-corrected chi connectivity index (χ3v) is 5.64. The Morgan fingerprint density at radius 2 is 1.65 bits per heavy atom. The highest BCUT2D eigenvalue weighted by atomic mass is 19.1. The van der Waals surface area contributed by atoms with Crippen LogP contribution in [-0.4, -0.2) is 42.4 Å². The van der Waals surface area contributed by atoms with E-state index in [1.54, 1.807) is 37.4 Å².